The van der Waals surface area contributed by atoms with Crippen LogP contribution in [0.2, 0.25) is 5.02 Å². The molecular formula is C18H13BrClN3O. The number of hydrogen-bond donors (Lipinski definition) is 1. The summed E-state index contributed by atoms with van der Waals surface area (Å²) in [6.07, 6.45) is 3.54. The van der Waals surface area contributed by atoms with E-state index >= 15 is 0 Å². The van der Waals surface area contributed by atoms with Crippen LogP contribution in [0, 0.1) is 0 Å². The lowest BCUT2D eigenvalue weighted by Gasteiger charge is -2.06. The van der Waals surface area contributed by atoms with Gasteiger partial charge in [0.05, 0.1) is 11.9 Å². The first-order chi connectivity index (χ1) is 11.6. The molecule has 1 aromatic heterocycles. The minimum Gasteiger partial charge on any atom is -0.316 e. The zero-order chi connectivity index (χ0) is 16.9. The monoisotopic (exact) mass is 401 g/mol. The zero-order valence-electron chi connectivity index (χ0n) is 12.5. The highest BCUT2D eigenvalue weighted by Gasteiger charge is 2.05. The van der Waals surface area contributed by atoms with Crippen molar-refractivity contribution in [2.45, 2.75) is 0 Å². The molecule has 6 heteroatoms. The summed E-state index contributed by atoms with van der Waals surface area (Å²) in [6.45, 7) is 0. The summed E-state index contributed by atoms with van der Waals surface area (Å²) in [5.74, 6) is -0.310. The van der Waals surface area contributed by atoms with Crippen molar-refractivity contribution in [3.05, 3.63) is 87.6 Å². The second-order valence-electron chi connectivity index (χ2n) is 4.99. The van der Waals surface area contributed by atoms with Gasteiger partial charge in [-0.15, -0.1) is 0 Å². The Balaban J connectivity index is 1.73. The minimum atomic E-state index is -0.310. The van der Waals surface area contributed by atoms with Crippen LogP contribution in [0.1, 0.15) is 16.1 Å². The molecule has 0 aliphatic heterocycles. The van der Waals surface area contributed by atoms with Crippen LogP contribution in [0.25, 0.3) is 5.69 Å². The number of rotatable bonds is 4. The molecule has 0 spiro atoms. The molecule has 1 amide bonds. The van der Waals surface area contributed by atoms with E-state index in [-0.39, 0.29) is 5.91 Å². The predicted octanol–water partition coefficient (Wildman–Crippen LogP) is 4.66. The Hall–Kier alpha value is -2.37. The first-order valence-electron chi connectivity index (χ1n) is 7.16. The van der Waals surface area contributed by atoms with Gasteiger partial charge >= 0.3 is 0 Å². The van der Waals surface area contributed by atoms with E-state index in [1.165, 1.54) is 0 Å². The van der Waals surface area contributed by atoms with Crippen molar-refractivity contribution >= 4 is 39.7 Å². The fourth-order valence-corrected chi connectivity index (χ4v) is 2.64. The number of hydrogen-bond acceptors (Lipinski definition) is 2. The van der Waals surface area contributed by atoms with Gasteiger partial charge in [-0.25, -0.2) is 5.43 Å². The average molecular weight is 403 g/mol. The van der Waals surface area contributed by atoms with Gasteiger partial charge in [-0.3, -0.25) is 4.79 Å². The van der Waals surface area contributed by atoms with E-state index in [2.05, 4.69) is 26.5 Å². The number of nitrogens with zero attached hydrogens (tertiary/aromatic N) is 2. The fourth-order valence-electron chi connectivity index (χ4n) is 2.19. The first kappa shape index (κ1) is 16.5. The number of amides is 1. The van der Waals surface area contributed by atoms with Crippen LogP contribution in [-0.2, 0) is 0 Å². The van der Waals surface area contributed by atoms with Crippen molar-refractivity contribution in [1.82, 2.24) is 9.99 Å². The molecule has 0 unspecified atom stereocenters. The molecule has 0 atom stereocenters. The highest BCUT2D eigenvalue weighted by atomic mass is 79.9. The third kappa shape index (κ3) is 3.93. The molecule has 0 aliphatic rings. The maximum absolute atomic E-state index is 12.0. The molecule has 0 saturated heterocycles. The third-order valence-electron chi connectivity index (χ3n) is 3.33. The second kappa shape index (κ2) is 7.47. The molecule has 0 fully saturated rings. The maximum Gasteiger partial charge on any atom is 0.271 e. The van der Waals surface area contributed by atoms with E-state index in [4.69, 9.17) is 11.6 Å². The third-order valence-corrected chi connectivity index (χ3v) is 4.10. The SMILES string of the molecule is O=C(N/N=C\c1cccn1-c1ccc(Br)cc1)c1cccc(Cl)c1. The lowest BCUT2D eigenvalue weighted by molar-refractivity contribution is 0.0955. The number of aromatic nitrogens is 1. The summed E-state index contributed by atoms with van der Waals surface area (Å²) in [6, 6.07) is 18.5. The van der Waals surface area contributed by atoms with Crippen molar-refractivity contribution in [3.63, 3.8) is 0 Å². The summed E-state index contributed by atoms with van der Waals surface area (Å²) < 4.78 is 2.99. The normalized spacial score (nSPS) is 10.9. The van der Waals surface area contributed by atoms with Gasteiger partial charge in [0.1, 0.15) is 0 Å². The van der Waals surface area contributed by atoms with Crippen LogP contribution >= 0.6 is 27.5 Å². The van der Waals surface area contributed by atoms with Crippen molar-refractivity contribution in [2.75, 3.05) is 0 Å². The molecule has 0 bridgehead atoms. The molecule has 0 radical (unpaired) electrons. The molecule has 1 N–H and O–H groups in total. The molecule has 0 aliphatic carbocycles. The quantitative estimate of drug-likeness (QED) is 0.501. The Morgan fingerprint density at radius 2 is 1.92 bits per heavy atom. The standard InChI is InChI=1S/C18H13BrClN3O/c19-14-6-8-16(9-7-14)23-10-2-5-17(23)12-21-22-18(24)13-3-1-4-15(20)11-13/h1-12H,(H,22,24)/b21-12-. The molecule has 3 aromatic rings. The van der Waals surface area contributed by atoms with Gasteiger partial charge in [-0.1, -0.05) is 33.6 Å². The zero-order valence-corrected chi connectivity index (χ0v) is 14.8. The van der Waals surface area contributed by atoms with Crippen LogP contribution in [0.15, 0.2) is 76.4 Å². The lowest BCUT2D eigenvalue weighted by Crippen LogP contribution is -2.17. The van der Waals surface area contributed by atoms with Gasteiger partial charge in [0.15, 0.2) is 0 Å². The van der Waals surface area contributed by atoms with Crippen LogP contribution < -0.4 is 5.43 Å². The van der Waals surface area contributed by atoms with Crippen molar-refractivity contribution in [1.29, 1.82) is 0 Å². The molecule has 1 heterocycles. The number of nitrogens with one attached hydrogen (secondary N) is 1. The Labute approximate surface area is 152 Å². The van der Waals surface area contributed by atoms with Gasteiger partial charge in [0.25, 0.3) is 5.91 Å². The summed E-state index contributed by atoms with van der Waals surface area (Å²) in [5, 5.41) is 4.54. The molecular weight excluding hydrogens is 390 g/mol. The van der Waals surface area contributed by atoms with E-state index < -0.39 is 0 Å². The van der Waals surface area contributed by atoms with Gasteiger partial charge in [-0.05, 0) is 54.6 Å². The number of carbonyl (C=O) groups excluding carboxylic acids is 1. The van der Waals surface area contributed by atoms with Crippen LogP contribution in [-0.4, -0.2) is 16.7 Å². The Kier molecular flexibility index (Phi) is 5.13. The molecule has 3 rings (SSSR count). The van der Waals surface area contributed by atoms with E-state index in [0.717, 1.165) is 15.9 Å². The van der Waals surface area contributed by atoms with Crippen LogP contribution in [0.4, 0.5) is 0 Å². The van der Waals surface area contributed by atoms with E-state index in [9.17, 15) is 4.79 Å². The summed E-state index contributed by atoms with van der Waals surface area (Å²) >= 11 is 9.30. The smallest absolute Gasteiger partial charge is 0.271 e. The highest BCUT2D eigenvalue weighted by molar-refractivity contribution is 9.10. The highest BCUT2D eigenvalue weighted by Crippen LogP contribution is 2.16. The van der Waals surface area contributed by atoms with Crippen molar-refractivity contribution in [3.8, 4) is 5.69 Å². The van der Waals surface area contributed by atoms with Gasteiger partial charge in [0, 0.05) is 26.9 Å². The first-order valence-corrected chi connectivity index (χ1v) is 8.33. The fraction of sp³-hybridized carbons (Fsp3) is 0. The Bertz CT molecular complexity index is 887. The van der Waals surface area contributed by atoms with Crippen LogP contribution in [0.5, 0.6) is 0 Å². The Morgan fingerprint density at radius 3 is 2.67 bits per heavy atom. The van der Waals surface area contributed by atoms with Crippen molar-refractivity contribution in [2.24, 2.45) is 5.10 Å². The maximum atomic E-state index is 12.0. The summed E-state index contributed by atoms with van der Waals surface area (Å²) in [7, 11) is 0. The topological polar surface area (TPSA) is 46.4 Å². The van der Waals surface area contributed by atoms with Crippen LogP contribution in [0.3, 0.4) is 0 Å². The largest absolute Gasteiger partial charge is 0.316 e. The Morgan fingerprint density at radius 1 is 1.12 bits per heavy atom. The number of halogens is 2. The predicted molar refractivity (Wildman–Crippen MR) is 100.0 cm³/mol. The van der Waals surface area contributed by atoms with E-state index in [1.54, 1.807) is 30.5 Å². The van der Waals surface area contributed by atoms with E-state index in [0.29, 0.717) is 10.6 Å². The van der Waals surface area contributed by atoms with E-state index in [1.807, 2.05) is 47.2 Å². The van der Waals surface area contributed by atoms with Gasteiger partial charge in [-0.2, -0.15) is 5.10 Å². The lowest BCUT2D eigenvalue weighted by atomic mass is 10.2. The van der Waals surface area contributed by atoms with Gasteiger partial charge < -0.3 is 4.57 Å². The van der Waals surface area contributed by atoms with Gasteiger partial charge in [0.2, 0.25) is 0 Å². The molecule has 4 nitrogen and oxygen atoms in total. The minimum absolute atomic E-state index is 0.310. The average Bonchev–Trinajstić information content (AvgIpc) is 3.04. The number of carbonyl (C=O) groups is 1. The summed E-state index contributed by atoms with van der Waals surface area (Å²) in [5.41, 5.74) is 4.82. The number of hydrazone groups is 1. The molecule has 2 aromatic carbocycles. The van der Waals surface area contributed by atoms with Crippen molar-refractivity contribution < 1.29 is 4.79 Å². The molecule has 0 saturated carbocycles. The summed E-state index contributed by atoms with van der Waals surface area (Å²) in [4.78, 5) is 12.0. The molecule has 24 heavy (non-hydrogen) atoms. The second-order valence-corrected chi connectivity index (χ2v) is 6.34. The molecule has 120 valence electrons. The number of benzene rings is 2.